The number of piperidine rings is 1. The van der Waals surface area contributed by atoms with Crippen molar-refractivity contribution in [3.63, 3.8) is 0 Å². The Morgan fingerprint density at radius 3 is 2.78 bits per heavy atom. The average Bonchev–Trinajstić information content (AvgIpc) is 3.08. The summed E-state index contributed by atoms with van der Waals surface area (Å²) in [5, 5.41) is 9.18. The number of nitrogens with zero attached hydrogens (tertiary/aromatic N) is 4. The summed E-state index contributed by atoms with van der Waals surface area (Å²) in [5.41, 5.74) is 1.61. The molecule has 1 N–H and O–H groups in total. The van der Waals surface area contributed by atoms with Crippen LogP contribution in [0.5, 0.6) is 5.75 Å². The van der Waals surface area contributed by atoms with E-state index in [1.807, 2.05) is 35.9 Å². The van der Waals surface area contributed by atoms with Crippen molar-refractivity contribution in [2.75, 3.05) is 20.2 Å². The number of pyridine rings is 1. The number of hydrogen-bond acceptors (Lipinski definition) is 5. The third kappa shape index (κ3) is 3.88. The number of aromatic nitrogens is 4. The van der Waals surface area contributed by atoms with E-state index in [9.17, 15) is 4.79 Å². The van der Waals surface area contributed by atoms with Gasteiger partial charge in [0.15, 0.2) is 0 Å². The summed E-state index contributed by atoms with van der Waals surface area (Å²) < 4.78 is 7.22. The van der Waals surface area contributed by atoms with E-state index in [4.69, 9.17) is 4.74 Å². The topological polar surface area (TPSA) is 76.0 Å². The first-order valence-electron chi connectivity index (χ1n) is 9.37. The van der Waals surface area contributed by atoms with Crippen LogP contribution in [-0.2, 0) is 20.0 Å². The van der Waals surface area contributed by atoms with Gasteiger partial charge in [-0.2, -0.15) is 0 Å². The standard InChI is InChI=1S/C20H25N5O2/c1-24-13-21-23-19(24)9-14-5-7-25(8-6-14)12-16-10-15-3-4-17(27-2)11-18(15)22-20(16)26/h3-4,10-11,13-14H,5-9,12H2,1-2H3,(H,22,26). The van der Waals surface area contributed by atoms with Gasteiger partial charge in [0.25, 0.3) is 5.56 Å². The fourth-order valence-electron chi connectivity index (χ4n) is 3.81. The molecule has 0 atom stereocenters. The number of ether oxygens (including phenoxy) is 1. The lowest BCUT2D eigenvalue weighted by Crippen LogP contribution is -2.35. The number of methoxy groups -OCH3 is 1. The zero-order chi connectivity index (χ0) is 18.8. The first kappa shape index (κ1) is 17.7. The molecular formula is C20H25N5O2. The summed E-state index contributed by atoms with van der Waals surface area (Å²) in [6, 6.07) is 7.76. The van der Waals surface area contributed by atoms with Gasteiger partial charge >= 0.3 is 0 Å². The van der Waals surface area contributed by atoms with Crippen molar-refractivity contribution in [1.82, 2.24) is 24.6 Å². The molecule has 7 heteroatoms. The molecule has 3 heterocycles. The minimum Gasteiger partial charge on any atom is -0.497 e. The van der Waals surface area contributed by atoms with Gasteiger partial charge in [-0.3, -0.25) is 9.69 Å². The van der Waals surface area contributed by atoms with Crippen LogP contribution in [0.25, 0.3) is 10.9 Å². The molecule has 1 aromatic carbocycles. The van der Waals surface area contributed by atoms with E-state index >= 15 is 0 Å². The number of benzene rings is 1. The third-order valence-electron chi connectivity index (χ3n) is 5.51. The largest absolute Gasteiger partial charge is 0.497 e. The zero-order valence-corrected chi connectivity index (χ0v) is 15.8. The van der Waals surface area contributed by atoms with Gasteiger partial charge in [-0.1, -0.05) is 0 Å². The fraction of sp³-hybridized carbons (Fsp3) is 0.450. The Kier molecular flexibility index (Phi) is 4.94. The molecule has 1 aliphatic rings. The molecule has 0 amide bonds. The van der Waals surface area contributed by atoms with Crippen molar-refractivity contribution in [2.24, 2.45) is 13.0 Å². The summed E-state index contributed by atoms with van der Waals surface area (Å²) in [6.07, 6.45) is 4.97. The lowest BCUT2D eigenvalue weighted by Gasteiger charge is -2.31. The van der Waals surface area contributed by atoms with Crippen LogP contribution < -0.4 is 10.3 Å². The summed E-state index contributed by atoms with van der Waals surface area (Å²) >= 11 is 0. The molecule has 4 rings (SSSR count). The Labute approximate surface area is 158 Å². The van der Waals surface area contributed by atoms with E-state index in [-0.39, 0.29) is 5.56 Å². The van der Waals surface area contributed by atoms with E-state index in [0.29, 0.717) is 12.5 Å². The van der Waals surface area contributed by atoms with Crippen molar-refractivity contribution in [3.05, 3.63) is 52.3 Å². The Morgan fingerprint density at radius 1 is 1.26 bits per heavy atom. The first-order valence-corrected chi connectivity index (χ1v) is 9.37. The average molecular weight is 367 g/mol. The smallest absolute Gasteiger partial charge is 0.252 e. The number of aryl methyl sites for hydroxylation is 1. The Bertz CT molecular complexity index is 985. The molecule has 27 heavy (non-hydrogen) atoms. The molecular weight excluding hydrogens is 342 g/mol. The highest BCUT2D eigenvalue weighted by molar-refractivity contribution is 5.80. The van der Waals surface area contributed by atoms with Crippen LogP contribution in [0.15, 0.2) is 35.4 Å². The van der Waals surface area contributed by atoms with Crippen molar-refractivity contribution < 1.29 is 4.74 Å². The number of H-pyrrole nitrogens is 1. The molecule has 0 unspecified atom stereocenters. The van der Waals surface area contributed by atoms with Gasteiger partial charge in [0.2, 0.25) is 0 Å². The van der Waals surface area contributed by atoms with Crippen LogP contribution in [0.3, 0.4) is 0 Å². The molecule has 0 radical (unpaired) electrons. The van der Waals surface area contributed by atoms with Crippen molar-refractivity contribution in [1.29, 1.82) is 0 Å². The molecule has 1 saturated heterocycles. The Hall–Kier alpha value is -2.67. The van der Waals surface area contributed by atoms with Gasteiger partial charge in [0.1, 0.15) is 17.9 Å². The Morgan fingerprint density at radius 2 is 2.07 bits per heavy atom. The second-order valence-corrected chi connectivity index (χ2v) is 7.36. The Balaban J connectivity index is 1.40. The van der Waals surface area contributed by atoms with Gasteiger partial charge < -0.3 is 14.3 Å². The molecule has 0 aliphatic carbocycles. The van der Waals surface area contributed by atoms with Gasteiger partial charge in [-0.25, -0.2) is 0 Å². The summed E-state index contributed by atoms with van der Waals surface area (Å²) in [4.78, 5) is 17.8. The molecule has 1 aliphatic heterocycles. The van der Waals surface area contributed by atoms with Crippen LogP contribution in [-0.4, -0.2) is 44.8 Å². The number of aromatic amines is 1. The SMILES string of the molecule is COc1ccc2cc(CN3CCC(Cc4nncn4C)CC3)c(=O)[nH]c2c1. The van der Waals surface area contributed by atoms with Crippen LogP contribution in [0, 0.1) is 5.92 Å². The molecule has 0 bridgehead atoms. The normalized spacial score (nSPS) is 16.1. The third-order valence-corrected chi connectivity index (χ3v) is 5.51. The second kappa shape index (κ2) is 7.52. The van der Waals surface area contributed by atoms with Crippen molar-refractivity contribution in [2.45, 2.75) is 25.8 Å². The highest BCUT2D eigenvalue weighted by Crippen LogP contribution is 2.23. The number of nitrogens with one attached hydrogen (secondary N) is 1. The summed E-state index contributed by atoms with van der Waals surface area (Å²) in [5.74, 6) is 2.43. The minimum absolute atomic E-state index is 0.0167. The highest BCUT2D eigenvalue weighted by Gasteiger charge is 2.21. The van der Waals surface area contributed by atoms with E-state index in [1.165, 1.54) is 0 Å². The molecule has 0 saturated carbocycles. The fourth-order valence-corrected chi connectivity index (χ4v) is 3.81. The monoisotopic (exact) mass is 367 g/mol. The van der Waals surface area contributed by atoms with E-state index in [2.05, 4.69) is 20.1 Å². The van der Waals surface area contributed by atoms with Crippen LogP contribution in [0.2, 0.25) is 0 Å². The predicted molar refractivity (Wildman–Crippen MR) is 104 cm³/mol. The lowest BCUT2D eigenvalue weighted by molar-refractivity contribution is 0.175. The molecule has 7 nitrogen and oxygen atoms in total. The molecule has 1 fully saturated rings. The van der Waals surface area contributed by atoms with E-state index in [0.717, 1.165) is 60.4 Å². The number of rotatable bonds is 5. The van der Waals surface area contributed by atoms with E-state index < -0.39 is 0 Å². The molecule has 0 spiro atoms. The highest BCUT2D eigenvalue weighted by atomic mass is 16.5. The van der Waals surface area contributed by atoms with Crippen LogP contribution in [0.1, 0.15) is 24.2 Å². The number of likely N-dealkylation sites (tertiary alicyclic amines) is 1. The number of fused-ring (bicyclic) bond motifs is 1. The predicted octanol–water partition coefficient (Wildman–Crippen LogP) is 2.12. The zero-order valence-electron chi connectivity index (χ0n) is 15.8. The molecule has 2 aromatic heterocycles. The van der Waals surface area contributed by atoms with Gasteiger partial charge in [0.05, 0.1) is 12.6 Å². The molecule has 3 aromatic rings. The maximum atomic E-state index is 12.5. The first-order chi connectivity index (χ1) is 13.1. The van der Waals surface area contributed by atoms with Crippen LogP contribution in [0.4, 0.5) is 0 Å². The van der Waals surface area contributed by atoms with Gasteiger partial charge in [-0.15, -0.1) is 10.2 Å². The maximum Gasteiger partial charge on any atom is 0.252 e. The second-order valence-electron chi connectivity index (χ2n) is 7.36. The minimum atomic E-state index is -0.0167. The molecule has 142 valence electrons. The van der Waals surface area contributed by atoms with Crippen LogP contribution >= 0.6 is 0 Å². The lowest BCUT2D eigenvalue weighted by atomic mass is 9.93. The van der Waals surface area contributed by atoms with Crippen molar-refractivity contribution >= 4 is 10.9 Å². The summed E-state index contributed by atoms with van der Waals surface area (Å²) in [7, 11) is 3.62. The van der Waals surface area contributed by atoms with Gasteiger partial charge in [-0.05, 0) is 55.4 Å². The van der Waals surface area contributed by atoms with Gasteiger partial charge in [0, 0.05) is 31.6 Å². The maximum absolute atomic E-state index is 12.5. The number of hydrogen-bond donors (Lipinski definition) is 1. The van der Waals surface area contributed by atoms with E-state index in [1.54, 1.807) is 13.4 Å². The summed E-state index contributed by atoms with van der Waals surface area (Å²) in [6.45, 7) is 2.69. The van der Waals surface area contributed by atoms with Crippen molar-refractivity contribution in [3.8, 4) is 5.75 Å². The quantitative estimate of drug-likeness (QED) is 0.748.